The van der Waals surface area contributed by atoms with Crippen LogP contribution in [0.1, 0.15) is 25.0 Å². The third-order valence-corrected chi connectivity index (χ3v) is 2.58. The van der Waals surface area contributed by atoms with E-state index in [1.165, 1.54) is 11.1 Å². The number of nitrogens with one attached hydrogen (secondary N) is 1. The number of nitrogens with zero attached hydrogens (tertiary/aromatic N) is 1. The van der Waals surface area contributed by atoms with Gasteiger partial charge in [0.2, 0.25) is 5.91 Å². The van der Waals surface area contributed by atoms with Gasteiger partial charge in [-0.3, -0.25) is 4.79 Å². The minimum Gasteiger partial charge on any atom is -0.352 e. The Kier molecular flexibility index (Phi) is 5.16. The Morgan fingerprint density at radius 1 is 1.24 bits per heavy atom. The average Bonchev–Trinajstić information content (AvgIpc) is 2.26. The van der Waals surface area contributed by atoms with Crippen molar-refractivity contribution in [3.63, 3.8) is 0 Å². The van der Waals surface area contributed by atoms with Gasteiger partial charge in [0, 0.05) is 19.0 Å². The van der Waals surface area contributed by atoms with E-state index in [1.807, 2.05) is 40.1 Å². The predicted octanol–water partition coefficient (Wildman–Crippen LogP) is 2.02. The number of benzene rings is 1. The molecule has 0 spiro atoms. The lowest BCUT2D eigenvalue weighted by Crippen LogP contribution is -2.27. The lowest BCUT2D eigenvalue weighted by molar-refractivity contribution is -0.124. The van der Waals surface area contributed by atoms with E-state index < -0.39 is 0 Å². The molecule has 0 fully saturated rings. The Bertz CT molecular complexity index is 372. The molecule has 1 amide bonds. The Balaban J connectivity index is 2.67. The topological polar surface area (TPSA) is 32.3 Å². The number of rotatable bonds is 5. The van der Waals surface area contributed by atoms with Crippen LogP contribution in [0.25, 0.3) is 0 Å². The van der Waals surface area contributed by atoms with E-state index in [9.17, 15) is 4.79 Å². The lowest BCUT2D eigenvalue weighted by atomic mass is 10.1. The zero-order valence-corrected chi connectivity index (χ0v) is 11.2. The summed E-state index contributed by atoms with van der Waals surface area (Å²) in [6, 6.07) is 8.22. The first-order valence-electron chi connectivity index (χ1n) is 6.00. The van der Waals surface area contributed by atoms with Gasteiger partial charge in [0.15, 0.2) is 0 Å². The van der Waals surface area contributed by atoms with Crippen LogP contribution in [0.4, 0.5) is 0 Å². The normalized spacial score (nSPS) is 10.9. The second kappa shape index (κ2) is 6.40. The van der Waals surface area contributed by atoms with Crippen molar-refractivity contribution in [2.24, 2.45) is 5.92 Å². The molecule has 1 rings (SSSR count). The van der Waals surface area contributed by atoms with Crippen molar-refractivity contribution in [3.05, 3.63) is 35.4 Å². The van der Waals surface area contributed by atoms with Gasteiger partial charge in [-0.05, 0) is 25.2 Å². The molecule has 17 heavy (non-hydrogen) atoms. The third-order valence-electron chi connectivity index (χ3n) is 2.58. The fourth-order valence-electron chi connectivity index (χ4n) is 1.61. The molecular weight excluding hydrogens is 212 g/mol. The molecule has 0 atom stereocenters. The largest absolute Gasteiger partial charge is 0.352 e. The van der Waals surface area contributed by atoms with Gasteiger partial charge in [0.25, 0.3) is 0 Å². The van der Waals surface area contributed by atoms with Crippen molar-refractivity contribution < 1.29 is 4.79 Å². The molecule has 0 unspecified atom stereocenters. The minimum absolute atomic E-state index is 0.0380. The van der Waals surface area contributed by atoms with E-state index >= 15 is 0 Å². The van der Waals surface area contributed by atoms with Gasteiger partial charge in [0.1, 0.15) is 0 Å². The number of carbonyl (C=O) groups excluding carboxylic acids is 1. The van der Waals surface area contributed by atoms with Crippen LogP contribution in [0, 0.1) is 5.92 Å². The number of amides is 1. The molecule has 0 heterocycles. The SMILES string of the molecule is CC(C)C(=O)NCc1ccccc1CN(C)C. The maximum Gasteiger partial charge on any atom is 0.222 e. The van der Waals surface area contributed by atoms with Gasteiger partial charge in [-0.25, -0.2) is 0 Å². The van der Waals surface area contributed by atoms with Crippen LogP contribution >= 0.6 is 0 Å². The van der Waals surface area contributed by atoms with Crippen LogP contribution in [0.5, 0.6) is 0 Å². The molecule has 0 aromatic heterocycles. The summed E-state index contributed by atoms with van der Waals surface area (Å²) in [4.78, 5) is 13.7. The van der Waals surface area contributed by atoms with Crippen molar-refractivity contribution in [2.75, 3.05) is 14.1 Å². The summed E-state index contributed by atoms with van der Waals surface area (Å²) in [5.41, 5.74) is 2.46. The lowest BCUT2D eigenvalue weighted by Gasteiger charge is -2.15. The van der Waals surface area contributed by atoms with E-state index in [0.29, 0.717) is 6.54 Å². The highest BCUT2D eigenvalue weighted by Crippen LogP contribution is 2.10. The van der Waals surface area contributed by atoms with Crippen LogP contribution in [0.3, 0.4) is 0 Å². The standard InChI is InChI=1S/C14H22N2O/c1-11(2)14(17)15-9-12-7-5-6-8-13(12)10-16(3)4/h5-8,11H,9-10H2,1-4H3,(H,15,17). The van der Waals surface area contributed by atoms with Crippen molar-refractivity contribution in [2.45, 2.75) is 26.9 Å². The molecule has 0 saturated heterocycles. The first kappa shape index (κ1) is 13.7. The molecule has 3 nitrogen and oxygen atoms in total. The minimum atomic E-state index is 0.0380. The molecule has 0 bridgehead atoms. The van der Waals surface area contributed by atoms with E-state index in [-0.39, 0.29) is 11.8 Å². The highest BCUT2D eigenvalue weighted by atomic mass is 16.1. The highest BCUT2D eigenvalue weighted by molar-refractivity contribution is 5.77. The zero-order chi connectivity index (χ0) is 12.8. The van der Waals surface area contributed by atoms with Crippen LogP contribution in [-0.4, -0.2) is 24.9 Å². The summed E-state index contributed by atoms with van der Waals surface area (Å²) in [6.45, 7) is 5.32. The quantitative estimate of drug-likeness (QED) is 0.845. The van der Waals surface area contributed by atoms with Crippen LogP contribution in [0.15, 0.2) is 24.3 Å². The Labute approximate surface area is 104 Å². The monoisotopic (exact) mass is 234 g/mol. The number of carbonyl (C=O) groups is 1. The van der Waals surface area contributed by atoms with Gasteiger partial charge < -0.3 is 10.2 Å². The average molecular weight is 234 g/mol. The first-order valence-corrected chi connectivity index (χ1v) is 6.00. The second-order valence-electron chi connectivity index (χ2n) is 4.88. The van der Waals surface area contributed by atoms with E-state index in [0.717, 1.165) is 6.54 Å². The summed E-state index contributed by atoms with van der Waals surface area (Å²) in [5, 5.41) is 2.95. The fraction of sp³-hybridized carbons (Fsp3) is 0.500. The Hall–Kier alpha value is -1.35. The summed E-state index contributed by atoms with van der Waals surface area (Å²) < 4.78 is 0. The van der Waals surface area contributed by atoms with Crippen molar-refractivity contribution >= 4 is 5.91 Å². The predicted molar refractivity (Wildman–Crippen MR) is 70.5 cm³/mol. The Morgan fingerprint density at radius 3 is 2.35 bits per heavy atom. The van der Waals surface area contributed by atoms with Gasteiger partial charge in [-0.15, -0.1) is 0 Å². The molecular formula is C14H22N2O. The van der Waals surface area contributed by atoms with Gasteiger partial charge >= 0.3 is 0 Å². The smallest absolute Gasteiger partial charge is 0.222 e. The maximum absolute atomic E-state index is 11.5. The molecule has 0 aliphatic rings. The van der Waals surface area contributed by atoms with Crippen LogP contribution < -0.4 is 5.32 Å². The number of hydrogen-bond donors (Lipinski definition) is 1. The van der Waals surface area contributed by atoms with E-state index in [2.05, 4.69) is 22.3 Å². The third kappa shape index (κ3) is 4.57. The zero-order valence-electron chi connectivity index (χ0n) is 11.2. The summed E-state index contributed by atoms with van der Waals surface area (Å²) in [7, 11) is 4.09. The first-order chi connectivity index (χ1) is 8.00. The molecule has 94 valence electrons. The molecule has 1 aromatic rings. The molecule has 0 radical (unpaired) electrons. The highest BCUT2D eigenvalue weighted by Gasteiger charge is 2.08. The van der Waals surface area contributed by atoms with Crippen LogP contribution in [0.2, 0.25) is 0 Å². The molecule has 0 saturated carbocycles. The summed E-state index contributed by atoms with van der Waals surface area (Å²) in [6.07, 6.45) is 0. The van der Waals surface area contributed by atoms with Crippen molar-refractivity contribution in [1.29, 1.82) is 0 Å². The van der Waals surface area contributed by atoms with Gasteiger partial charge in [0.05, 0.1) is 0 Å². The van der Waals surface area contributed by atoms with E-state index in [4.69, 9.17) is 0 Å². The molecule has 0 aliphatic carbocycles. The molecule has 0 aliphatic heterocycles. The maximum atomic E-state index is 11.5. The number of hydrogen-bond acceptors (Lipinski definition) is 2. The molecule has 1 aromatic carbocycles. The molecule has 3 heteroatoms. The van der Waals surface area contributed by atoms with E-state index in [1.54, 1.807) is 0 Å². The van der Waals surface area contributed by atoms with Crippen LogP contribution in [-0.2, 0) is 17.9 Å². The Morgan fingerprint density at radius 2 is 1.82 bits per heavy atom. The van der Waals surface area contributed by atoms with Gasteiger partial charge in [-0.1, -0.05) is 38.1 Å². The fourth-order valence-corrected chi connectivity index (χ4v) is 1.61. The van der Waals surface area contributed by atoms with Crippen molar-refractivity contribution in [1.82, 2.24) is 10.2 Å². The molecule has 1 N–H and O–H groups in total. The summed E-state index contributed by atoms with van der Waals surface area (Å²) >= 11 is 0. The van der Waals surface area contributed by atoms with Gasteiger partial charge in [-0.2, -0.15) is 0 Å². The summed E-state index contributed by atoms with van der Waals surface area (Å²) in [5.74, 6) is 0.140. The van der Waals surface area contributed by atoms with Crippen molar-refractivity contribution in [3.8, 4) is 0 Å². The second-order valence-corrected chi connectivity index (χ2v) is 4.88.